The van der Waals surface area contributed by atoms with Crippen LogP contribution in [0.15, 0.2) is 38.2 Å². The highest BCUT2D eigenvalue weighted by molar-refractivity contribution is 9.10. The monoisotopic (exact) mass is 327 g/mol. The number of benzene rings is 1. The molecular formula is C12H14BrN3OS. The van der Waals surface area contributed by atoms with Gasteiger partial charge >= 0.3 is 0 Å². The van der Waals surface area contributed by atoms with Crippen molar-refractivity contribution in [3.05, 3.63) is 40.5 Å². The summed E-state index contributed by atoms with van der Waals surface area (Å²) in [5.74, 6) is 1.77. The zero-order valence-corrected chi connectivity index (χ0v) is 12.6. The minimum Gasteiger partial charge on any atom is -0.338 e. The molecule has 0 aliphatic carbocycles. The molecule has 0 spiro atoms. The molecule has 4 nitrogen and oxygen atoms in total. The second-order valence-electron chi connectivity index (χ2n) is 4.48. The second kappa shape index (κ2) is 5.42. The maximum atomic E-state index is 5.90. The van der Waals surface area contributed by atoms with Crippen LogP contribution in [0.3, 0.4) is 0 Å². The molecule has 1 heterocycles. The van der Waals surface area contributed by atoms with Crippen LogP contribution in [0.1, 0.15) is 25.6 Å². The fourth-order valence-corrected chi connectivity index (χ4v) is 2.25. The Kier molecular flexibility index (Phi) is 4.09. The molecule has 2 aromatic rings. The molecule has 2 N–H and O–H groups in total. The number of rotatable bonds is 4. The van der Waals surface area contributed by atoms with Crippen LogP contribution in [0, 0.1) is 0 Å². The molecular weight excluding hydrogens is 314 g/mol. The van der Waals surface area contributed by atoms with Gasteiger partial charge in [-0.2, -0.15) is 4.98 Å². The van der Waals surface area contributed by atoms with Crippen molar-refractivity contribution in [2.45, 2.75) is 30.0 Å². The van der Waals surface area contributed by atoms with E-state index in [1.807, 2.05) is 38.1 Å². The summed E-state index contributed by atoms with van der Waals surface area (Å²) in [4.78, 5) is 5.44. The third-order valence-electron chi connectivity index (χ3n) is 2.22. The highest BCUT2D eigenvalue weighted by Crippen LogP contribution is 2.24. The molecule has 0 saturated carbocycles. The van der Waals surface area contributed by atoms with E-state index < -0.39 is 5.54 Å². The summed E-state index contributed by atoms with van der Waals surface area (Å²) in [7, 11) is 0. The maximum Gasteiger partial charge on any atom is 0.237 e. The van der Waals surface area contributed by atoms with E-state index in [0.717, 1.165) is 9.37 Å². The molecule has 0 unspecified atom stereocenters. The Bertz CT molecular complexity index is 519. The Hall–Kier alpha value is -0.850. The van der Waals surface area contributed by atoms with Gasteiger partial charge < -0.3 is 10.3 Å². The smallest absolute Gasteiger partial charge is 0.237 e. The van der Waals surface area contributed by atoms with Crippen LogP contribution < -0.4 is 5.73 Å². The molecule has 1 aromatic carbocycles. The molecule has 0 saturated heterocycles. The molecule has 0 fully saturated rings. The van der Waals surface area contributed by atoms with E-state index in [4.69, 9.17) is 10.3 Å². The molecule has 0 radical (unpaired) electrons. The number of nitrogens with zero attached hydrogens (tertiary/aromatic N) is 2. The maximum absolute atomic E-state index is 5.90. The van der Waals surface area contributed by atoms with E-state index in [9.17, 15) is 0 Å². The SMILES string of the molecule is CC(C)(N)c1noc(CSc2ccc(Br)cc2)n1. The summed E-state index contributed by atoms with van der Waals surface area (Å²) in [5.41, 5.74) is 5.33. The third kappa shape index (κ3) is 3.57. The lowest BCUT2D eigenvalue weighted by Gasteiger charge is -2.11. The standard InChI is InChI=1S/C12H14BrN3OS/c1-12(2,14)11-15-10(17-16-11)7-18-9-5-3-8(13)4-6-9/h3-6H,7,14H2,1-2H3. The molecule has 2 rings (SSSR count). The van der Waals surface area contributed by atoms with Gasteiger partial charge in [0.05, 0.1) is 11.3 Å². The van der Waals surface area contributed by atoms with E-state index >= 15 is 0 Å². The van der Waals surface area contributed by atoms with Gasteiger partial charge in [-0.3, -0.25) is 0 Å². The van der Waals surface area contributed by atoms with Gasteiger partial charge in [0.1, 0.15) is 0 Å². The second-order valence-corrected chi connectivity index (χ2v) is 6.44. The predicted octanol–water partition coefficient (Wildman–Crippen LogP) is 3.32. The molecule has 6 heteroatoms. The number of halogens is 1. The average molecular weight is 328 g/mol. The zero-order valence-electron chi connectivity index (χ0n) is 10.2. The highest BCUT2D eigenvalue weighted by atomic mass is 79.9. The van der Waals surface area contributed by atoms with Crippen LogP contribution in [0.2, 0.25) is 0 Å². The zero-order chi connectivity index (χ0) is 13.2. The number of nitrogens with two attached hydrogens (primary N) is 1. The topological polar surface area (TPSA) is 64.9 Å². The minimum absolute atomic E-state index is 0.536. The van der Waals surface area contributed by atoms with E-state index in [-0.39, 0.29) is 0 Å². The molecule has 96 valence electrons. The fraction of sp³-hybridized carbons (Fsp3) is 0.333. The van der Waals surface area contributed by atoms with E-state index in [2.05, 4.69) is 26.1 Å². The normalized spacial score (nSPS) is 11.8. The van der Waals surface area contributed by atoms with Crippen molar-refractivity contribution in [1.29, 1.82) is 0 Å². The van der Waals surface area contributed by atoms with Gasteiger partial charge in [-0.25, -0.2) is 0 Å². The lowest BCUT2D eigenvalue weighted by molar-refractivity contribution is 0.370. The van der Waals surface area contributed by atoms with Crippen LogP contribution in [-0.2, 0) is 11.3 Å². The minimum atomic E-state index is -0.565. The summed E-state index contributed by atoms with van der Waals surface area (Å²) in [6.45, 7) is 3.70. The molecule has 0 bridgehead atoms. The third-order valence-corrected chi connectivity index (χ3v) is 3.75. The Morgan fingerprint density at radius 2 is 2.00 bits per heavy atom. The van der Waals surface area contributed by atoms with Crippen LogP contribution >= 0.6 is 27.7 Å². The first-order valence-electron chi connectivity index (χ1n) is 5.45. The van der Waals surface area contributed by atoms with Gasteiger partial charge in [0.15, 0.2) is 5.82 Å². The summed E-state index contributed by atoms with van der Waals surface area (Å²) >= 11 is 5.05. The predicted molar refractivity (Wildman–Crippen MR) is 75.2 cm³/mol. The number of aromatic nitrogens is 2. The van der Waals surface area contributed by atoms with Crippen molar-refractivity contribution in [2.75, 3.05) is 0 Å². The van der Waals surface area contributed by atoms with Crippen molar-refractivity contribution in [3.63, 3.8) is 0 Å². The first-order chi connectivity index (χ1) is 8.45. The van der Waals surface area contributed by atoms with Crippen LogP contribution in [0.25, 0.3) is 0 Å². The van der Waals surface area contributed by atoms with Crippen molar-refractivity contribution >= 4 is 27.7 Å². The summed E-state index contributed by atoms with van der Waals surface area (Å²) in [6, 6.07) is 8.09. The van der Waals surface area contributed by atoms with Crippen molar-refractivity contribution in [3.8, 4) is 0 Å². The molecule has 0 aliphatic rings. The van der Waals surface area contributed by atoms with Gasteiger partial charge in [-0.15, -0.1) is 11.8 Å². The van der Waals surface area contributed by atoms with Gasteiger partial charge in [-0.1, -0.05) is 21.1 Å². The fourth-order valence-electron chi connectivity index (χ4n) is 1.25. The lowest BCUT2D eigenvalue weighted by atomic mass is 10.1. The Labute approximate surface area is 118 Å². The van der Waals surface area contributed by atoms with Gasteiger partial charge in [0.25, 0.3) is 0 Å². The van der Waals surface area contributed by atoms with Crippen molar-refractivity contribution < 1.29 is 4.52 Å². The van der Waals surface area contributed by atoms with Crippen LogP contribution in [0.5, 0.6) is 0 Å². The molecule has 0 aliphatic heterocycles. The van der Waals surface area contributed by atoms with Crippen molar-refractivity contribution in [1.82, 2.24) is 10.1 Å². The van der Waals surface area contributed by atoms with E-state index in [1.165, 1.54) is 0 Å². The molecule has 0 amide bonds. The van der Waals surface area contributed by atoms with Crippen LogP contribution in [-0.4, -0.2) is 10.1 Å². The number of thioether (sulfide) groups is 1. The number of hydrogen-bond donors (Lipinski definition) is 1. The van der Waals surface area contributed by atoms with Gasteiger partial charge in [0, 0.05) is 9.37 Å². The summed E-state index contributed by atoms with van der Waals surface area (Å²) in [5, 5.41) is 3.88. The van der Waals surface area contributed by atoms with Gasteiger partial charge in [-0.05, 0) is 38.1 Å². The molecule has 18 heavy (non-hydrogen) atoms. The van der Waals surface area contributed by atoms with Crippen LogP contribution in [0.4, 0.5) is 0 Å². The summed E-state index contributed by atoms with van der Waals surface area (Å²) < 4.78 is 6.23. The van der Waals surface area contributed by atoms with E-state index in [1.54, 1.807) is 11.8 Å². The van der Waals surface area contributed by atoms with E-state index in [0.29, 0.717) is 17.5 Å². The Morgan fingerprint density at radius 3 is 2.56 bits per heavy atom. The Morgan fingerprint density at radius 1 is 1.33 bits per heavy atom. The average Bonchev–Trinajstić information content (AvgIpc) is 2.77. The first-order valence-corrected chi connectivity index (χ1v) is 7.23. The van der Waals surface area contributed by atoms with Crippen molar-refractivity contribution in [2.24, 2.45) is 5.73 Å². The largest absolute Gasteiger partial charge is 0.338 e. The number of hydrogen-bond acceptors (Lipinski definition) is 5. The Balaban J connectivity index is 1.98. The highest BCUT2D eigenvalue weighted by Gasteiger charge is 2.21. The summed E-state index contributed by atoms with van der Waals surface area (Å²) in [6.07, 6.45) is 0. The van der Waals surface area contributed by atoms with Gasteiger partial charge in [0.2, 0.25) is 5.89 Å². The first kappa shape index (κ1) is 13.6. The molecule has 1 aromatic heterocycles. The molecule has 0 atom stereocenters. The quantitative estimate of drug-likeness (QED) is 0.872. The lowest BCUT2D eigenvalue weighted by Crippen LogP contribution is -2.30.